The summed E-state index contributed by atoms with van der Waals surface area (Å²) in [4.78, 5) is 4.42. The number of aromatic nitrogens is 1. The fourth-order valence-corrected chi connectivity index (χ4v) is 4.56. The van der Waals surface area contributed by atoms with Gasteiger partial charge in [0.15, 0.2) is 0 Å². The van der Waals surface area contributed by atoms with Gasteiger partial charge >= 0.3 is 0 Å². The average Bonchev–Trinajstić information content (AvgIpc) is 3.27. The number of hydrogen-bond acceptors (Lipinski definition) is 6. The molecule has 0 atom stereocenters. The van der Waals surface area contributed by atoms with Crippen LogP contribution in [0.25, 0.3) is 11.5 Å². The Kier molecular flexibility index (Phi) is 6.77. The van der Waals surface area contributed by atoms with Gasteiger partial charge in [-0.25, -0.2) is 8.42 Å². The zero-order chi connectivity index (χ0) is 24.1. The van der Waals surface area contributed by atoms with Gasteiger partial charge in [-0.3, -0.25) is 0 Å². The molecule has 3 aromatic carbocycles. The lowest BCUT2D eigenvalue weighted by Crippen LogP contribution is -2.26. The first-order valence-electron chi connectivity index (χ1n) is 10.7. The Balaban J connectivity index is 1.50. The summed E-state index contributed by atoms with van der Waals surface area (Å²) in [5, 5.41) is 12.6. The topological polar surface area (TPSA) is 99.2 Å². The van der Waals surface area contributed by atoms with Gasteiger partial charge in [0.05, 0.1) is 4.90 Å². The van der Waals surface area contributed by atoms with Crippen molar-refractivity contribution in [2.45, 2.75) is 24.9 Å². The molecule has 34 heavy (non-hydrogen) atoms. The summed E-state index contributed by atoms with van der Waals surface area (Å²) in [7, 11) is -2.12. The van der Waals surface area contributed by atoms with Crippen LogP contribution in [0, 0.1) is 18.3 Å². The fraction of sp³-hybridized carbons (Fsp3) is 0.154. The molecule has 0 radical (unpaired) electrons. The van der Waals surface area contributed by atoms with E-state index in [-0.39, 0.29) is 28.9 Å². The number of rotatable bonds is 8. The molecule has 172 valence electrons. The summed E-state index contributed by atoms with van der Waals surface area (Å²) in [5.74, 6) is 0.516. The van der Waals surface area contributed by atoms with Crippen molar-refractivity contribution in [2.24, 2.45) is 0 Å². The summed E-state index contributed by atoms with van der Waals surface area (Å²) >= 11 is 0. The van der Waals surface area contributed by atoms with E-state index in [1.54, 1.807) is 19.2 Å². The molecule has 0 aliphatic carbocycles. The molecular weight excluding hydrogens is 448 g/mol. The number of hydrogen-bond donors (Lipinski definition) is 1. The Morgan fingerprint density at radius 1 is 0.971 bits per heavy atom. The van der Waals surface area contributed by atoms with Gasteiger partial charge in [0.2, 0.25) is 27.5 Å². The minimum Gasteiger partial charge on any atom is -0.419 e. The molecule has 4 rings (SSSR count). The number of nitriles is 1. The highest BCUT2D eigenvalue weighted by molar-refractivity contribution is 7.89. The first kappa shape index (κ1) is 23.2. The lowest BCUT2D eigenvalue weighted by atomic mass is 10.1. The summed E-state index contributed by atoms with van der Waals surface area (Å²) in [6.45, 7) is 2.77. The summed E-state index contributed by atoms with van der Waals surface area (Å²) in [6, 6.07) is 25.8. The molecule has 0 unspecified atom stereocenters. The van der Waals surface area contributed by atoms with Crippen LogP contribution >= 0.6 is 0 Å². The number of aryl methyl sites for hydroxylation is 1. The van der Waals surface area contributed by atoms with E-state index >= 15 is 0 Å². The first-order valence-corrected chi connectivity index (χ1v) is 12.1. The van der Waals surface area contributed by atoms with Crippen LogP contribution < -0.4 is 5.32 Å². The number of nitrogens with one attached hydrogen (secondary N) is 1. The van der Waals surface area contributed by atoms with E-state index in [4.69, 9.17) is 4.42 Å². The highest BCUT2D eigenvalue weighted by atomic mass is 32.2. The minimum absolute atomic E-state index is 0.140. The molecule has 0 bridgehead atoms. The Bertz CT molecular complexity index is 1410. The molecule has 7 nitrogen and oxygen atoms in total. The van der Waals surface area contributed by atoms with E-state index in [0.29, 0.717) is 12.1 Å². The van der Waals surface area contributed by atoms with Gasteiger partial charge < -0.3 is 9.73 Å². The van der Waals surface area contributed by atoms with Crippen LogP contribution in [0.15, 0.2) is 88.2 Å². The lowest BCUT2D eigenvalue weighted by Gasteiger charge is -2.17. The molecule has 0 aliphatic heterocycles. The molecule has 8 heteroatoms. The van der Waals surface area contributed by atoms with Crippen molar-refractivity contribution in [3.63, 3.8) is 0 Å². The van der Waals surface area contributed by atoms with E-state index in [9.17, 15) is 13.7 Å². The molecule has 1 aromatic heterocycles. The predicted molar refractivity (Wildman–Crippen MR) is 130 cm³/mol. The standard InChI is InChI=1S/C26H24N4O3S/c1-19-8-10-20(11-9-19)17-28-26-24(16-27)29-25(33-26)22-12-14-23(15-13-22)34(31,32)30(2)18-21-6-4-3-5-7-21/h3-15,28H,17-18H2,1-2H3. The van der Waals surface area contributed by atoms with Gasteiger partial charge in [-0.1, -0.05) is 60.2 Å². The zero-order valence-corrected chi connectivity index (χ0v) is 19.7. The van der Waals surface area contributed by atoms with Crippen LogP contribution in [0.5, 0.6) is 0 Å². The van der Waals surface area contributed by atoms with Crippen LogP contribution in [0.4, 0.5) is 5.88 Å². The van der Waals surface area contributed by atoms with Crippen LogP contribution in [0.1, 0.15) is 22.4 Å². The Morgan fingerprint density at radius 3 is 2.29 bits per heavy atom. The number of nitrogens with zero attached hydrogens (tertiary/aromatic N) is 3. The van der Waals surface area contributed by atoms with Crippen molar-refractivity contribution < 1.29 is 12.8 Å². The monoisotopic (exact) mass is 472 g/mol. The molecule has 0 saturated carbocycles. The Labute approximate surface area is 199 Å². The van der Waals surface area contributed by atoms with Gasteiger partial charge in [0.25, 0.3) is 0 Å². The van der Waals surface area contributed by atoms with Crippen molar-refractivity contribution in [2.75, 3.05) is 12.4 Å². The molecule has 1 N–H and O–H groups in total. The maximum Gasteiger partial charge on any atom is 0.243 e. The van der Waals surface area contributed by atoms with E-state index in [0.717, 1.165) is 11.1 Å². The van der Waals surface area contributed by atoms with Gasteiger partial charge in [0.1, 0.15) is 6.07 Å². The Morgan fingerprint density at radius 2 is 1.65 bits per heavy atom. The number of sulfonamides is 1. The second-order valence-corrected chi connectivity index (χ2v) is 9.96. The third-order valence-electron chi connectivity index (χ3n) is 5.36. The molecule has 4 aromatic rings. The lowest BCUT2D eigenvalue weighted by molar-refractivity contribution is 0.466. The van der Waals surface area contributed by atoms with Crippen LogP contribution in [0.2, 0.25) is 0 Å². The van der Waals surface area contributed by atoms with Crippen molar-refractivity contribution >= 4 is 15.9 Å². The molecule has 0 fully saturated rings. The molecule has 0 spiro atoms. The second-order valence-electron chi connectivity index (χ2n) is 7.92. The largest absolute Gasteiger partial charge is 0.419 e. The zero-order valence-electron chi connectivity index (χ0n) is 18.9. The Hall–Kier alpha value is -3.93. The van der Waals surface area contributed by atoms with Crippen LogP contribution in [0.3, 0.4) is 0 Å². The van der Waals surface area contributed by atoms with Gasteiger partial charge in [-0.2, -0.15) is 14.6 Å². The smallest absolute Gasteiger partial charge is 0.243 e. The van der Waals surface area contributed by atoms with Gasteiger partial charge in [-0.05, 0) is 42.3 Å². The van der Waals surface area contributed by atoms with Gasteiger partial charge in [-0.15, -0.1) is 0 Å². The van der Waals surface area contributed by atoms with Crippen molar-refractivity contribution in [3.05, 3.63) is 101 Å². The second kappa shape index (κ2) is 9.91. The summed E-state index contributed by atoms with van der Waals surface area (Å²) in [6.07, 6.45) is 0. The first-order chi connectivity index (χ1) is 16.4. The number of anilines is 1. The highest BCUT2D eigenvalue weighted by Crippen LogP contribution is 2.27. The van der Waals surface area contributed by atoms with E-state index < -0.39 is 10.0 Å². The molecular formula is C26H24N4O3S. The van der Waals surface area contributed by atoms with Crippen molar-refractivity contribution in [1.82, 2.24) is 9.29 Å². The van der Waals surface area contributed by atoms with Crippen molar-refractivity contribution in [3.8, 4) is 17.5 Å². The van der Waals surface area contributed by atoms with Crippen LogP contribution in [-0.4, -0.2) is 24.8 Å². The van der Waals surface area contributed by atoms with E-state index in [2.05, 4.69) is 10.3 Å². The van der Waals surface area contributed by atoms with E-state index in [1.807, 2.05) is 67.6 Å². The molecule has 0 saturated heterocycles. The third kappa shape index (κ3) is 5.17. The molecule has 0 amide bonds. The normalized spacial score (nSPS) is 11.4. The maximum atomic E-state index is 13.0. The van der Waals surface area contributed by atoms with Crippen molar-refractivity contribution in [1.29, 1.82) is 5.26 Å². The molecule has 1 heterocycles. The number of oxazole rings is 1. The fourth-order valence-electron chi connectivity index (χ4n) is 3.40. The summed E-state index contributed by atoms with van der Waals surface area (Å²) in [5.41, 5.74) is 3.83. The quantitative estimate of drug-likeness (QED) is 0.389. The average molecular weight is 473 g/mol. The molecule has 0 aliphatic rings. The van der Waals surface area contributed by atoms with Gasteiger partial charge in [0, 0.05) is 25.7 Å². The maximum absolute atomic E-state index is 13.0. The summed E-state index contributed by atoms with van der Waals surface area (Å²) < 4.78 is 33.0. The van der Waals surface area contributed by atoms with E-state index in [1.165, 1.54) is 22.0 Å². The van der Waals surface area contributed by atoms with Crippen LogP contribution in [-0.2, 0) is 23.1 Å². The predicted octanol–water partition coefficient (Wildman–Crippen LogP) is 4.95. The highest BCUT2D eigenvalue weighted by Gasteiger charge is 2.22. The SMILES string of the molecule is Cc1ccc(CNc2oc(-c3ccc(S(=O)(=O)N(C)Cc4ccccc4)cc3)nc2C#N)cc1. The number of benzene rings is 3. The minimum atomic E-state index is -3.67. The third-order valence-corrected chi connectivity index (χ3v) is 7.18.